The summed E-state index contributed by atoms with van der Waals surface area (Å²) in [4.78, 5) is 14.5. The van der Waals surface area contributed by atoms with E-state index in [0.717, 1.165) is 36.8 Å². The van der Waals surface area contributed by atoms with Gasteiger partial charge in [0.05, 0.1) is 0 Å². The van der Waals surface area contributed by atoms with Crippen molar-refractivity contribution >= 4 is 16.1 Å². The minimum Gasteiger partial charge on any atom is -0.336 e. The van der Waals surface area contributed by atoms with E-state index in [9.17, 15) is 13.2 Å². The molecule has 1 aromatic carbocycles. The number of carbonyl (C=O) groups is 1. The van der Waals surface area contributed by atoms with Crippen LogP contribution in [0.5, 0.6) is 0 Å². The van der Waals surface area contributed by atoms with Gasteiger partial charge in [-0.1, -0.05) is 18.9 Å². The summed E-state index contributed by atoms with van der Waals surface area (Å²) in [6.07, 6.45) is 4.07. The Kier molecular flexibility index (Phi) is 5.99. The number of carbonyl (C=O) groups excluding carboxylic acids is 1. The number of hydrogen-bond acceptors (Lipinski definition) is 3. The van der Waals surface area contributed by atoms with Crippen molar-refractivity contribution in [2.75, 3.05) is 39.3 Å². The molecule has 0 aromatic heterocycles. The summed E-state index contributed by atoms with van der Waals surface area (Å²) in [6, 6.07) is 5.73. The van der Waals surface area contributed by atoms with Crippen LogP contribution in [0.25, 0.3) is 0 Å². The molecule has 2 fully saturated rings. The molecule has 2 aliphatic rings. The fourth-order valence-electron chi connectivity index (χ4n) is 3.61. The second kappa shape index (κ2) is 8.06. The van der Waals surface area contributed by atoms with Crippen LogP contribution < -0.4 is 0 Å². The number of hydrogen-bond donors (Lipinski definition) is 0. The van der Waals surface area contributed by atoms with E-state index < -0.39 is 10.2 Å². The van der Waals surface area contributed by atoms with Crippen molar-refractivity contribution in [1.82, 2.24) is 13.5 Å². The average Bonchev–Trinajstić information content (AvgIpc) is 2.93. The Morgan fingerprint density at radius 3 is 1.96 bits per heavy atom. The number of piperazine rings is 1. The molecular formula is C19H29N3O3S. The first-order valence-corrected chi connectivity index (χ1v) is 10.9. The third-order valence-corrected chi connectivity index (χ3v) is 7.53. The molecule has 2 heterocycles. The lowest BCUT2D eigenvalue weighted by molar-refractivity contribution is 0.0694. The SMILES string of the molecule is Cc1ccc(C(=O)N2CCN(S(=O)(=O)N3CCCCCC3)CC2)cc1C. The maximum absolute atomic E-state index is 12.9. The summed E-state index contributed by atoms with van der Waals surface area (Å²) in [5.41, 5.74) is 2.94. The Bertz CT molecular complexity index is 747. The maximum Gasteiger partial charge on any atom is 0.282 e. The van der Waals surface area contributed by atoms with Crippen molar-refractivity contribution in [1.29, 1.82) is 0 Å². The summed E-state index contributed by atoms with van der Waals surface area (Å²) in [6.45, 7) is 6.88. The molecule has 0 aliphatic carbocycles. The van der Waals surface area contributed by atoms with Gasteiger partial charge < -0.3 is 4.90 Å². The molecule has 26 heavy (non-hydrogen) atoms. The maximum atomic E-state index is 12.9. The summed E-state index contributed by atoms with van der Waals surface area (Å²) >= 11 is 0. The fraction of sp³-hybridized carbons (Fsp3) is 0.632. The zero-order valence-electron chi connectivity index (χ0n) is 15.8. The number of nitrogens with zero attached hydrogens (tertiary/aromatic N) is 3. The van der Waals surface area contributed by atoms with Crippen molar-refractivity contribution in [3.63, 3.8) is 0 Å². The van der Waals surface area contributed by atoms with Crippen LogP contribution in [0.2, 0.25) is 0 Å². The van der Waals surface area contributed by atoms with E-state index in [1.807, 2.05) is 32.0 Å². The summed E-state index contributed by atoms with van der Waals surface area (Å²) in [5.74, 6) is -0.0140. The molecule has 3 rings (SSSR count). The summed E-state index contributed by atoms with van der Waals surface area (Å²) < 4.78 is 28.9. The lowest BCUT2D eigenvalue weighted by Gasteiger charge is -2.36. The molecule has 0 saturated carbocycles. The van der Waals surface area contributed by atoms with Crippen LogP contribution in [0.4, 0.5) is 0 Å². The van der Waals surface area contributed by atoms with Crippen molar-refractivity contribution in [3.8, 4) is 0 Å². The van der Waals surface area contributed by atoms with Crippen LogP contribution in [0.15, 0.2) is 18.2 Å². The quantitative estimate of drug-likeness (QED) is 0.809. The van der Waals surface area contributed by atoms with Gasteiger partial charge >= 0.3 is 0 Å². The topological polar surface area (TPSA) is 60.9 Å². The van der Waals surface area contributed by atoms with Crippen molar-refractivity contribution in [3.05, 3.63) is 34.9 Å². The number of aryl methyl sites for hydroxylation is 2. The van der Waals surface area contributed by atoms with Crippen molar-refractivity contribution in [2.45, 2.75) is 39.5 Å². The van der Waals surface area contributed by atoms with E-state index in [-0.39, 0.29) is 5.91 Å². The van der Waals surface area contributed by atoms with Crippen LogP contribution in [0.1, 0.15) is 47.2 Å². The summed E-state index contributed by atoms with van der Waals surface area (Å²) in [7, 11) is -3.41. The smallest absolute Gasteiger partial charge is 0.282 e. The molecule has 1 amide bonds. The highest BCUT2D eigenvalue weighted by molar-refractivity contribution is 7.86. The normalized spacial score (nSPS) is 20.8. The molecule has 144 valence electrons. The van der Waals surface area contributed by atoms with Gasteiger partial charge in [-0.15, -0.1) is 0 Å². The molecule has 0 bridgehead atoms. The minimum absolute atomic E-state index is 0.0140. The van der Waals surface area contributed by atoms with Crippen LogP contribution in [0, 0.1) is 13.8 Å². The summed E-state index contributed by atoms with van der Waals surface area (Å²) in [5, 5.41) is 0. The largest absolute Gasteiger partial charge is 0.336 e. The van der Waals surface area contributed by atoms with E-state index in [4.69, 9.17) is 0 Å². The van der Waals surface area contributed by atoms with Gasteiger partial charge in [0.15, 0.2) is 0 Å². The lowest BCUT2D eigenvalue weighted by Crippen LogP contribution is -2.54. The monoisotopic (exact) mass is 379 g/mol. The highest BCUT2D eigenvalue weighted by atomic mass is 32.2. The van der Waals surface area contributed by atoms with Crippen molar-refractivity contribution < 1.29 is 13.2 Å². The van der Waals surface area contributed by atoms with Crippen LogP contribution in [-0.2, 0) is 10.2 Å². The molecule has 2 saturated heterocycles. The zero-order chi connectivity index (χ0) is 18.7. The van der Waals surface area contributed by atoms with E-state index in [2.05, 4.69) is 0 Å². The molecule has 0 spiro atoms. The van der Waals surface area contributed by atoms with Gasteiger partial charge in [-0.2, -0.15) is 17.0 Å². The first-order valence-electron chi connectivity index (χ1n) is 9.51. The molecule has 7 heteroatoms. The second-order valence-corrected chi connectivity index (χ2v) is 9.24. The van der Waals surface area contributed by atoms with Gasteiger partial charge in [0.2, 0.25) is 0 Å². The molecule has 0 unspecified atom stereocenters. The fourth-order valence-corrected chi connectivity index (χ4v) is 5.29. The number of rotatable bonds is 3. The predicted octanol–water partition coefficient (Wildman–Crippen LogP) is 2.18. The minimum atomic E-state index is -3.41. The molecule has 1 aromatic rings. The van der Waals surface area contributed by atoms with Gasteiger partial charge in [0.1, 0.15) is 0 Å². The Balaban J connectivity index is 1.62. The van der Waals surface area contributed by atoms with Gasteiger partial charge in [-0.05, 0) is 49.9 Å². The zero-order valence-corrected chi connectivity index (χ0v) is 16.6. The highest BCUT2D eigenvalue weighted by Crippen LogP contribution is 2.19. The standard InChI is InChI=1S/C19H29N3O3S/c1-16-7-8-18(15-17(16)2)19(23)20-11-13-22(14-12-20)26(24,25)21-9-5-3-4-6-10-21/h7-8,15H,3-6,9-14H2,1-2H3. The van der Waals surface area contributed by atoms with Crippen LogP contribution >= 0.6 is 0 Å². The molecule has 6 nitrogen and oxygen atoms in total. The molecule has 0 atom stereocenters. The van der Waals surface area contributed by atoms with E-state index in [0.29, 0.717) is 44.8 Å². The number of benzene rings is 1. The third kappa shape index (κ3) is 4.10. The second-order valence-electron chi connectivity index (χ2n) is 7.31. The Hall–Kier alpha value is -1.44. The Morgan fingerprint density at radius 2 is 1.38 bits per heavy atom. The van der Waals surface area contributed by atoms with Crippen LogP contribution in [0.3, 0.4) is 0 Å². The highest BCUT2D eigenvalue weighted by Gasteiger charge is 2.33. The molecular weight excluding hydrogens is 350 g/mol. The van der Waals surface area contributed by atoms with Gasteiger partial charge in [-0.25, -0.2) is 0 Å². The van der Waals surface area contributed by atoms with Gasteiger partial charge in [0.25, 0.3) is 16.1 Å². The first kappa shape index (κ1) is 19.3. The van der Waals surface area contributed by atoms with Gasteiger partial charge in [-0.3, -0.25) is 4.79 Å². The van der Waals surface area contributed by atoms with Gasteiger partial charge in [0, 0.05) is 44.8 Å². The van der Waals surface area contributed by atoms with E-state index >= 15 is 0 Å². The van der Waals surface area contributed by atoms with E-state index in [1.54, 1.807) is 13.5 Å². The molecule has 2 aliphatic heterocycles. The first-order chi connectivity index (χ1) is 12.4. The number of amides is 1. The third-order valence-electron chi connectivity index (χ3n) is 5.50. The van der Waals surface area contributed by atoms with Crippen molar-refractivity contribution in [2.24, 2.45) is 0 Å². The predicted molar refractivity (Wildman–Crippen MR) is 102 cm³/mol. The lowest BCUT2D eigenvalue weighted by atomic mass is 10.1. The molecule has 0 N–H and O–H groups in total. The Labute approximate surface area is 157 Å². The average molecular weight is 380 g/mol. The van der Waals surface area contributed by atoms with E-state index in [1.165, 1.54) is 0 Å². The Morgan fingerprint density at radius 1 is 0.808 bits per heavy atom. The van der Waals surface area contributed by atoms with Crippen LogP contribution in [-0.4, -0.2) is 67.1 Å². The molecule has 0 radical (unpaired) electrons.